The fourth-order valence-corrected chi connectivity index (χ4v) is 4.18. The maximum atomic E-state index is 12.2. The zero-order chi connectivity index (χ0) is 14.2. The van der Waals surface area contributed by atoms with Gasteiger partial charge in [-0.2, -0.15) is 0 Å². The van der Waals surface area contributed by atoms with Crippen molar-refractivity contribution >= 4 is 28.6 Å². The number of H-pyrrole nitrogens is 1. The predicted octanol–water partition coefficient (Wildman–Crippen LogP) is 3.26. The van der Waals surface area contributed by atoms with Crippen molar-refractivity contribution < 1.29 is 9.90 Å². The van der Waals surface area contributed by atoms with Crippen molar-refractivity contribution in [2.75, 3.05) is 0 Å². The molecule has 0 saturated carbocycles. The Hall–Kier alpha value is -1.92. The van der Waals surface area contributed by atoms with Gasteiger partial charge in [0.15, 0.2) is 5.41 Å². The highest BCUT2D eigenvalue weighted by atomic mass is 32.1. The van der Waals surface area contributed by atoms with Crippen LogP contribution in [0, 0.1) is 6.92 Å². The van der Waals surface area contributed by atoms with Crippen molar-refractivity contribution in [3.63, 3.8) is 0 Å². The summed E-state index contributed by atoms with van der Waals surface area (Å²) in [6, 6.07) is 7.41. The van der Waals surface area contributed by atoms with E-state index in [1.54, 1.807) is 6.20 Å². The van der Waals surface area contributed by atoms with Gasteiger partial charge in [0.2, 0.25) is 0 Å². The summed E-state index contributed by atoms with van der Waals surface area (Å²) < 4.78 is 0. The summed E-state index contributed by atoms with van der Waals surface area (Å²) in [5.41, 5.74) is -0.407. The highest BCUT2D eigenvalue weighted by Crippen LogP contribution is 2.42. The van der Waals surface area contributed by atoms with Gasteiger partial charge in [0.05, 0.1) is 0 Å². The molecule has 0 saturated heterocycles. The van der Waals surface area contributed by atoms with E-state index in [1.807, 2.05) is 41.9 Å². The molecule has 3 rings (SSSR count). The number of thiophene rings is 2. The first-order valence-corrected chi connectivity index (χ1v) is 7.75. The van der Waals surface area contributed by atoms with Crippen LogP contribution < -0.4 is 0 Å². The van der Waals surface area contributed by atoms with Gasteiger partial charge >= 0.3 is 5.97 Å². The molecule has 3 heterocycles. The lowest BCUT2D eigenvalue weighted by Gasteiger charge is -2.25. The van der Waals surface area contributed by atoms with E-state index in [0.717, 1.165) is 15.4 Å². The largest absolute Gasteiger partial charge is 0.480 e. The highest BCUT2D eigenvalue weighted by molar-refractivity contribution is 7.12. The van der Waals surface area contributed by atoms with E-state index in [-0.39, 0.29) is 0 Å². The van der Waals surface area contributed by atoms with E-state index in [4.69, 9.17) is 0 Å². The minimum Gasteiger partial charge on any atom is -0.480 e. The van der Waals surface area contributed by atoms with Gasteiger partial charge in [0, 0.05) is 21.6 Å². The first kappa shape index (κ1) is 13.1. The number of aryl methyl sites for hydroxylation is 1. The summed E-state index contributed by atoms with van der Waals surface area (Å²) in [6.45, 7) is 1.87. The summed E-state index contributed by atoms with van der Waals surface area (Å²) in [5.74, 6) is -0.468. The molecule has 0 aromatic carbocycles. The zero-order valence-electron chi connectivity index (χ0n) is 10.7. The van der Waals surface area contributed by atoms with Crippen molar-refractivity contribution in [3.05, 3.63) is 62.5 Å². The van der Waals surface area contributed by atoms with Gasteiger partial charge in [-0.25, -0.2) is 4.98 Å². The lowest BCUT2D eigenvalue weighted by Crippen LogP contribution is -2.38. The fraction of sp³-hybridized carbons (Fsp3) is 0.143. The molecule has 0 aliphatic carbocycles. The average Bonchev–Trinajstić information content (AvgIpc) is 3.12. The molecule has 0 radical (unpaired) electrons. The normalized spacial score (nSPS) is 11.7. The highest BCUT2D eigenvalue weighted by Gasteiger charge is 2.48. The van der Waals surface area contributed by atoms with E-state index >= 15 is 0 Å². The van der Waals surface area contributed by atoms with Gasteiger partial charge in [-0.1, -0.05) is 12.1 Å². The first-order valence-electron chi connectivity index (χ1n) is 5.99. The number of imidazole rings is 1. The topological polar surface area (TPSA) is 66.0 Å². The summed E-state index contributed by atoms with van der Waals surface area (Å²) in [4.78, 5) is 21.1. The van der Waals surface area contributed by atoms with Crippen LogP contribution in [0.4, 0.5) is 0 Å². The second-order valence-electron chi connectivity index (χ2n) is 4.42. The number of carbonyl (C=O) groups is 1. The third kappa shape index (κ3) is 1.80. The SMILES string of the molecule is Cc1cnc(C(C(=O)O)(c2cccs2)c2cccs2)[nH]1. The standard InChI is InChI=1S/C14H12N2O2S2/c1-9-8-15-12(16-9)14(13(17)18,10-4-2-6-19-10)11-5-3-7-20-11/h2-8H,1H3,(H,15,16)(H,17,18). The Kier molecular flexibility index (Phi) is 3.19. The van der Waals surface area contributed by atoms with E-state index in [1.165, 1.54) is 22.7 Å². The van der Waals surface area contributed by atoms with Crippen molar-refractivity contribution in [3.8, 4) is 0 Å². The smallest absolute Gasteiger partial charge is 0.328 e. The molecule has 0 amide bonds. The third-order valence-electron chi connectivity index (χ3n) is 3.16. The van der Waals surface area contributed by atoms with Gasteiger partial charge in [-0.05, 0) is 29.8 Å². The molecular formula is C14H12N2O2S2. The molecule has 3 aromatic heterocycles. The van der Waals surface area contributed by atoms with Crippen LogP contribution in [-0.2, 0) is 10.2 Å². The van der Waals surface area contributed by atoms with Crippen molar-refractivity contribution in [2.45, 2.75) is 12.3 Å². The Balaban J connectivity index is 2.34. The average molecular weight is 304 g/mol. The predicted molar refractivity (Wildman–Crippen MR) is 79.5 cm³/mol. The number of hydrogen-bond donors (Lipinski definition) is 2. The maximum Gasteiger partial charge on any atom is 0.328 e. The number of carboxylic acids is 1. The van der Waals surface area contributed by atoms with Gasteiger partial charge in [0.1, 0.15) is 5.82 Å². The Labute approximate surface area is 123 Å². The van der Waals surface area contributed by atoms with Crippen LogP contribution in [0.3, 0.4) is 0 Å². The van der Waals surface area contributed by atoms with E-state index < -0.39 is 11.4 Å². The summed E-state index contributed by atoms with van der Waals surface area (Å²) in [5, 5.41) is 13.8. The number of carboxylic acid groups (broad SMARTS) is 1. The molecule has 0 atom stereocenters. The minimum atomic E-state index is -1.25. The second-order valence-corrected chi connectivity index (χ2v) is 6.32. The van der Waals surface area contributed by atoms with Crippen LogP contribution >= 0.6 is 22.7 Å². The maximum absolute atomic E-state index is 12.2. The molecule has 3 aromatic rings. The van der Waals surface area contributed by atoms with Crippen LogP contribution in [0.25, 0.3) is 0 Å². The second kappa shape index (κ2) is 4.88. The van der Waals surface area contributed by atoms with Crippen molar-refractivity contribution in [2.24, 2.45) is 0 Å². The first-order chi connectivity index (χ1) is 9.65. The molecule has 4 nitrogen and oxygen atoms in total. The fourth-order valence-electron chi connectivity index (χ4n) is 2.25. The van der Waals surface area contributed by atoms with Crippen LogP contribution in [0.1, 0.15) is 21.3 Å². The molecule has 0 aliphatic rings. The molecular weight excluding hydrogens is 292 g/mol. The summed E-state index contributed by atoms with van der Waals surface area (Å²) in [7, 11) is 0. The zero-order valence-corrected chi connectivity index (χ0v) is 12.3. The molecule has 102 valence electrons. The molecule has 0 bridgehead atoms. The van der Waals surface area contributed by atoms with E-state index in [9.17, 15) is 9.90 Å². The third-order valence-corrected chi connectivity index (χ3v) is 5.14. The van der Waals surface area contributed by atoms with Crippen LogP contribution in [-0.4, -0.2) is 21.0 Å². The lowest BCUT2D eigenvalue weighted by molar-refractivity contribution is -0.140. The monoisotopic (exact) mass is 304 g/mol. The van der Waals surface area contributed by atoms with Crippen LogP contribution in [0.15, 0.2) is 41.2 Å². The number of rotatable bonds is 4. The molecule has 0 spiro atoms. The molecule has 0 unspecified atom stereocenters. The Bertz CT molecular complexity index is 680. The number of aromatic nitrogens is 2. The minimum absolute atomic E-state index is 0.451. The number of nitrogens with one attached hydrogen (secondary N) is 1. The molecule has 0 fully saturated rings. The molecule has 6 heteroatoms. The number of nitrogens with zero attached hydrogens (tertiary/aromatic N) is 1. The van der Waals surface area contributed by atoms with E-state index in [0.29, 0.717) is 5.82 Å². The molecule has 2 N–H and O–H groups in total. The number of aromatic amines is 1. The summed E-state index contributed by atoms with van der Waals surface area (Å²) in [6.07, 6.45) is 1.66. The Morgan fingerprint density at radius 1 is 1.25 bits per heavy atom. The van der Waals surface area contributed by atoms with E-state index in [2.05, 4.69) is 9.97 Å². The Morgan fingerprint density at radius 2 is 1.85 bits per heavy atom. The van der Waals surface area contributed by atoms with Crippen LogP contribution in [0.2, 0.25) is 0 Å². The van der Waals surface area contributed by atoms with Crippen LogP contribution in [0.5, 0.6) is 0 Å². The van der Waals surface area contributed by atoms with Crippen molar-refractivity contribution in [1.29, 1.82) is 0 Å². The van der Waals surface area contributed by atoms with Gasteiger partial charge < -0.3 is 10.1 Å². The number of hydrogen-bond acceptors (Lipinski definition) is 4. The quantitative estimate of drug-likeness (QED) is 0.777. The van der Waals surface area contributed by atoms with Gasteiger partial charge in [-0.3, -0.25) is 4.79 Å². The lowest BCUT2D eigenvalue weighted by atomic mass is 9.83. The summed E-state index contributed by atoms with van der Waals surface area (Å²) >= 11 is 2.85. The van der Waals surface area contributed by atoms with Crippen molar-refractivity contribution in [1.82, 2.24) is 9.97 Å². The molecule has 20 heavy (non-hydrogen) atoms. The number of aliphatic carboxylic acids is 1. The van der Waals surface area contributed by atoms with Gasteiger partial charge in [0.25, 0.3) is 0 Å². The molecule has 0 aliphatic heterocycles. The van der Waals surface area contributed by atoms with Gasteiger partial charge in [-0.15, -0.1) is 22.7 Å². The Morgan fingerprint density at radius 3 is 2.20 bits per heavy atom.